The minimum absolute atomic E-state index is 0.0109. The third kappa shape index (κ3) is 4.43. The van der Waals surface area contributed by atoms with Gasteiger partial charge in [-0.2, -0.15) is 0 Å². The van der Waals surface area contributed by atoms with Gasteiger partial charge in [0.2, 0.25) is 0 Å². The van der Waals surface area contributed by atoms with Gasteiger partial charge in [0.05, 0.1) is 0 Å². The number of aliphatic hydroxyl groups is 2. The van der Waals surface area contributed by atoms with E-state index in [0.717, 1.165) is 13.0 Å². The highest BCUT2D eigenvalue weighted by Crippen LogP contribution is 2.25. The number of rotatable bonds is 6. The molecule has 0 saturated heterocycles. The Hall–Kier alpha value is -0.950. The van der Waals surface area contributed by atoms with E-state index in [1.54, 1.807) is 0 Å². The Morgan fingerprint density at radius 2 is 2.12 bits per heavy atom. The van der Waals surface area contributed by atoms with Crippen molar-refractivity contribution in [3.8, 4) is 0 Å². The summed E-state index contributed by atoms with van der Waals surface area (Å²) in [5, 5.41) is 21.2. The van der Waals surface area contributed by atoms with E-state index in [2.05, 4.69) is 20.2 Å². The van der Waals surface area contributed by atoms with E-state index in [1.165, 1.54) is 6.33 Å². The molecule has 0 unspecified atom stereocenters. The second-order valence-corrected chi connectivity index (χ2v) is 4.26. The van der Waals surface area contributed by atoms with E-state index < -0.39 is 6.29 Å². The number of nitrogens with zero attached hydrogens (tertiary/aromatic N) is 3. The van der Waals surface area contributed by atoms with E-state index in [1.807, 2.05) is 14.1 Å². The van der Waals surface area contributed by atoms with E-state index in [4.69, 9.17) is 21.8 Å². The van der Waals surface area contributed by atoms with Gasteiger partial charge >= 0.3 is 0 Å². The standard InChI is InChI=1S/C10H17ClN4O2/c1-15(2)5-3-4-12-9-7(11)8(10(16)17)13-6-14-9/h6,10,16-17H,3-5H2,1-2H3,(H,12,13,14). The molecular weight excluding hydrogens is 244 g/mol. The van der Waals surface area contributed by atoms with Crippen LogP contribution in [0.15, 0.2) is 6.33 Å². The van der Waals surface area contributed by atoms with Crippen molar-refractivity contribution in [1.82, 2.24) is 14.9 Å². The van der Waals surface area contributed by atoms with Gasteiger partial charge in [-0.1, -0.05) is 11.6 Å². The Labute approximate surface area is 105 Å². The van der Waals surface area contributed by atoms with Gasteiger partial charge < -0.3 is 20.4 Å². The zero-order chi connectivity index (χ0) is 12.8. The van der Waals surface area contributed by atoms with Crippen LogP contribution in [-0.4, -0.2) is 52.3 Å². The molecule has 1 aromatic rings. The fourth-order valence-electron chi connectivity index (χ4n) is 1.29. The number of nitrogens with one attached hydrogen (secondary N) is 1. The molecule has 6 nitrogen and oxygen atoms in total. The molecule has 7 heteroatoms. The lowest BCUT2D eigenvalue weighted by Gasteiger charge is -2.12. The summed E-state index contributed by atoms with van der Waals surface area (Å²) in [6.07, 6.45) is 0.493. The molecule has 17 heavy (non-hydrogen) atoms. The SMILES string of the molecule is CN(C)CCCNc1ncnc(C(O)O)c1Cl. The Morgan fingerprint density at radius 3 is 2.71 bits per heavy atom. The normalized spacial score (nSPS) is 11.2. The van der Waals surface area contributed by atoms with Crippen molar-refractivity contribution in [1.29, 1.82) is 0 Å². The molecule has 3 N–H and O–H groups in total. The van der Waals surface area contributed by atoms with Gasteiger partial charge in [-0.25, -0.2) is 9.97 Å². The van der Waals surface area contributed by atoms with Crippen LogP contribution >= 0.6 is 11.6 Å². The molecule has 1 aromatic heterocycles. The van der Waals surface area contributed by atoms with Crippen molar-refractivity contribution in [3.63, 3.8) is 0 Å². The maximum Gasteiger partial charge on any atom is 0.197 e. The second-order valence-electron chi connectivity index (χ2n) is 3.88. The number of aromatic nitrogens is 2. The maximum absolute atomic E-state index is 9.02. The molecule has 0 aromatic carbocycles. The van der Waals surface area contributed by atoms with Crippen LogP contribution in [0, 0.1) is 0 Å². The van der Waals surface area contributed by atoms with Crippen LogP contribution in [0.25, 0.3) is 0 Å². The molecular formula is C10H17ClN4O2. The molecule has 0 spiro atoms. The summed E-state index contributed by atoms with van der Waals surface area (Å²) >= 11 is 5.93. The van der Waals surface area contributed by atoms with Crippen LogP contribution in [-0.2, 0) is 0 Å². The summed E-state index contributed by atoms with van der Waals surface area (Å²) in [4.78, 5) is 9.73. The first-order valence-electron chi connectivity index (χ1n) is 5.27. The summed E-state index contributed by atoms with van der Waals surface area (Å²) in [5.41, 5.74) is 0.0109. The van der Waals surface area contributed by atoms with E-state index >= 15 is 0 Å². The molecule has 0 bridgehead atoms. The molecule has 0 aliphatic carbocycles. The smallest absolute Gasteiger partial charge is 0.197 e. The van der Waals surface area contributed by atoms with Gasteiger partial charge in [0, 0.05) is 6.54 Å². The number of hydrogen-bond acceptors (Lipinski definition) is 6. The second kappa shape index (κ2) is 6.70. The van der Waals surface area contributed by atoms with E-state index in [-0.39, 0.29) is 10.7 Å². The van der Waals surface area contributed by atoms with E-state index in [9.17, 15) is 0 Å². The van der Waals surface area contributed by atoms with Gasteiger partial charge in [0.15, 0.2) is 6.29 Å². The van der Waals surface area contributed by atoms with Crippen molar-refractivity contribution in [2.75, 3.05) is 32.5 Å². The average molecular weight is 261 g/mol. The Bertz CT molecular complexity index is 360. The fraction of sp³-hybridized carbons (Fsp3) is 0.600. The van der Waals surface area contributed by atoms with Gasteiger partial charge in [0.1, 0.15) is 22.9 Å². The topological polar surface area (TPSA) is 81.5 Å². The minimum atomic E-state index is -1.69. The van der Waals surface area contributed by atoms with Crippen LogP contribution in [0.4, 0.5) is 5.82 Å². The molecule has 1 heterocycles. The quantitative estimate of drug-likeness (QED) is 0.510. The van der Waals surface area contributed by atoms with Gasteiger partial charge in [0.25, 0.3) is 0 Å². The van der Waals surface area contributed by atoms with Crippen molar-refractivity contribution < 1.29 is 10.2 Å². The first-order chi connectivity index (χ1) is 8.02. The van der Waals surface area contributed by atoms with Crippen molar-refractivity contribution >= 4 is 17.4 Å². The van der Waals surface area contributed by atoms with Crippen LogP contribution in [0.1, 0.15) is 18.4 Å². The zero-order valence-corrected chi connectivity index (χ0v) is 10.6. The summed E-state index contributed by atoms with van der Waals surface area (Å²) < 4.78 is 0. The molecule has 96 valence electrons. The lowest BCUT2D eigenvalue weighted by molar-refractivity contribution is -0.0457. The Morgan fingerprint density at radius 1 is 1.41 bits per heavy atom. The van der Waals surface area contributed by atoms with Crippen molar-refractivity contribution in [2.24, 2.45) is 0 Å². The molecule has 1 rings (SSSR count). The van der Waals surface area contributed by atoms with Crippen LogP contribution in [0.2, 0.25) is 5.02 Å². The maximum atomic E-state index is 9.02. The third-order valence-electron chi connectivity index (χ3n) is 2.14. The molecule has 0 atom stereocenters. The Balaban J connectivity index is 2.56. The average Bonchev–Trinajstić information content (AvgIpc) is 2.25. The largest absolute Gasteiger partial charge is 0.369 e. The predicted molar refractivity (Wildman–Crippen MR) is 65.9 cm³/mol. The highest BCUT2D eigenvalue weighted by atomic mass is 35.5. The molecule has 0 radical (unpaired) electrons. The first kappa shape index (κ1) is 14.1. The predicted octanol–water partition coefficient (Wildman–Crippen LogP) is 0.477. The first-order valence-corrected chi connectivity index (χ1v) is 5.65. The Kier molecular flexibility index (Phi) is 5.57. The van der Waals surface area contributed by atoms with Crippen LogP contribution in [0.5, 0.6) is 0 Å². The van der Waals surface area contributed by atoms with Crippen LogP contribution < -0.4 is 5.32 Å². The highest BCUT2D eigenvalue weighted by molar-refractivity contribution is 6.33. The molecule has 0 fully saturated rings. The van der Waals surface area contributed by atoms with Crippen molar-refractivity contribution in [3.05, 3.63) is 17.0 Å². The molecule has 0 saturated carbocycles. The molecule has 0 amide bonds. The number of halogens is 1. The summed E-state index contributed by atoms with van der Waals surface area (Å²) in [6, 6.07) is 0. The number of hydrogen-bond donors (Lipinski definition) is 3. The zero-order valence-electron chi connectivity index (χ0n) is 9.89. The van der Waals surface area contributed by atoms with Gasteiger partial charge in [-0.15, -0.1) is 0 Å². The van der Waals surface area contributed by atoms with Gasteiger partial charge in [-0.3, -0.25) is 0 Å². The van der Waals surface area contributed by atoms with Crippen molar-refractivity contribution in [2.45, 2.75) is 12.7 Å². The lowest BCUT2D eigenvalue weighted by atomic mass is 10.3. The highest BCUT2D eigenvalue weighted by Gasteiger charge is 2.14. The summed E-state index contributed by atoms with van der Waals surface area (Å²) in [5.74, 6) is 0.420. The number of aliphatic hydroxyl groups excluding tert-OH is 1. The van der Waals surface area contributed by atoms with Crippen LogP contribution in [0.3, 0.4) is 0 Å². The monoisotopic (exact) mass is 260 g/mol. The summed E-state index contributed by atoms with van der Waals surface area (Å²) in [6.45, 7) is 1.65. The van der Waals surface area contributed by atoms with E-state index in [0.29, 0.717) is 12.4 Å². The minimum Gasteiger partial charge on any atom is -0.369 e. The fourth-order valence-corrected chi connectivity index (χ4v) is 1.55. The number of anilines is 1. The molecule has 0 aliphatic heterocycles. The molecule has 0 aliphatic rings. The third-order valence-corrected chi connectivity index (χ3v) is 2.51. The summed E-state index contributed by atoms with van der Waals surface area (Å²) in [7, 11) is 4.00. The van der Waals surface area contributed by atoms with Gasteiger partial charge in [-0.05, 0) is 27.1 Å². The lowest BCUT2D eigenvalue weighted by Crippen LogP contribution is -2.17.